The highest BCUT2D eigenvalue weighted by Crippen LogP contribution is 2.14. The van der Waals surface area contributed by atoms with Gasteiger partial charge in [0.05, 0.1) is 12.5 Å². The fraction of sp³-hybridized carbons (Fsp3) is 0.929. The molecule has 0 aliphatic rings. The van der Waals surface area contributed by atoms with Crippen LogP contribution in [0.4, 0.5) is 0 Å². The molecule has 0 bridgehead atoms. The molecule has 102 valence electrons. The normalized spacial score (nSPS) is 12.4. The maximum Gasteiger partial charge on any atom is 0.308 e. The molecule has 0 aromatic heterocycles. The van der Waals surface area contributed by atoms with Crippen molar-refractivity contribution in [1.82, 2.24) is 0 Å². The molecule has 0 radical (unpaired) electrons. The van der Waals surface area contributed by atoms with Gasteiger partial charge in [-0.2, -0.15) is 0 Å². The fourth-order valence-corrected chi connectivity index (χ4v) is 1.61. The van der Waals surface area contributed by atoms with Crippen molar-refractivity contribution in [3.8, 4) is 0 Å². The summed E-state index contributed by atoms with van der Waals surface area (Å²) in [5.41, 5.74) is 0. The van der Waals surface area contributed by atoms with Crippen molar-refractivity contribution in [3.05, 3.63) is 0 Å². The highest BCUT2D eigenvalue weighted by Gasteiger charge is 2.16. The summed E-state index contributed by atoms with van der Waals surface area (Å²) in [6.45, 7) is 7.99. The first-order valence-electron chi connectivity index (χ1n) is 7.00. The lowest BCUT2D eigenvalue weighted by molar-refractivity contribution is -0.150. The second kappa shape index (κ2) is 11.9. The molecule has 0 N–H and O–H groups in total. The number of ether oxygens (including phenoxy) is 2. The maximum absolute atomic E-state index is 11.7. The summed E-state index contributed by atoms with van der Waals surface area (Å²) >= 11 is 0. The number of rotatable bonds is 11. The van der Waals surface area contributed by atoms with Gasteiger partial charge in [-0.05, 0) is 19.3 Å². The molecule has 0 aromatic carbocycles. The number of hydrogen-bond donors (Lipinski definition) is 0. The van der Waals surface area contributed by atoms with E-state index in [1.54, 1.807) is 0 Å². The quantitative estimate of drug-likeness (QED) is 0.412. The largest absolute Gasteiger partial charge is 0.463 e. The first-order valence-corrected chi connectivity index (χ1v) is 7.00. The van der Waals surface area contributed by atoms with Gasteiger partial charge in [-0.1, -0.05) is 40.0 Å². The number of esters is 1. The second-order valence-corrected chi connectivity index (χ2v) is 4.38. The van der Waals surface area contributed by atoms with Crippen LogP contribution in [0.3, 0.4) is 0 Å². The summed E-state index contributed by atoms with van der Waals surface area (Å²) in [5.74, 6) is 0.0191. The van der Waals surface area contributed by atoms with E-state index in [0.29, 0.717) is 13.2 Å². The Balaban J connectivity index is 3.54. The molecule has 0 saturated carbocycles. The third-order valence-corrected chi connectivity index (χ3v) is 2.85. The van der Waals surface area contributed by atoms with Crippen molar-refractivity contribution < 1.29 is 14.3 Å². The Morgan fingerprint density at radius 1 is 1.00 bits per heavy atom. The van der Waals surface area contributed by atoms with Crippen LogP contribution >= 0.6 is 0 Å². The van der Waals surface area contributed by atoms with E-state index < -0.39 is 0 Å². The van der Waals surface area contributed by atoms with Crippen LogP contribution in [-0.4, -0.2) is 25.8 Å². The first kappa shape index (κ1) is 16.4. The topological polar surface area (TPSA) is 35.5 Å². The van der Waals surface area contributed by atoms with Gasteiger partial charge in [-0.15, -0.1) is 0 Å². The summed E-state index contributed by atoms with van der Waals surface area (Å²) in [6, 6.07) is 0. The van der Waals surface area contributed by atoms with Crippen molar-refractivity contribution in [2.45, 2.75) is 59.3 Å². The van der Waals surface area contributed by atoms with Crippen molar-refractivity contribution in [2.75, 3.05) is 19.8 Å². The third-order valence-electron chi connectivity index (χ3n) is 2.85. The molecule has 0 aliphatic carbocycles. The van der Waals surface area contributed by atoms with Crippen LogP contribution in [0.2, 0.25) is 0 Å². The Morgan fingerprint density at radius 3 is 2.29 bits per heavy atom. The maximum atomic E-state index is 11.7. The zero-order valence-electron chi connectivity index (χ0n) is 11.7. The van der Waals surface area contributed by atoms with Crippen molar-refractivity contribution >= 4 is 5.97 Å². The molecule has 0 heterocycles. The molecular formula is C14H28O3. The number of hydrogen-bond acceptors (Lipinski definition) is 3. The van der Waals surface area contributed by atoms with E-state index in [1.807, 2.05) is 6.92 Å². The van der Waals surface area contributed by atoms with Crippen LogP contribution in [0, 0.1) is 5.92 Å². The summed E-state index contributed by atoms with van der Waals surface area (Å²) in [5, 5.41) is 0. The summed E-state index contributed by atoms with van der Waals surface area (Å²) in [4.78, 5) is 11.7. The van der Waals surface area contributed by atoms with Crippen molar-refractivity contribution in [3.63, 3.8) is 0 Å². The highest BCUT2D eigenvalue weighted by atomic mass is 16.6. The monoisotopic (exact) mass is 244 g/mol. The lowest BCUT2D eigenvalue weighted by Gasteiger charge is -2.13. The van der Waals surface area contributed by atoms with E-state index in [2.05, 4.69) is 13.8 Å². The zero-order valence-corrected chi connectivity index (χ0v) is 11.7. The van der Waals surface area contributed by atoms with E-state index in [0.717, 1.165) is 45.1 Å². The molecule has 1 unspecified atom stereocenters. The number of unbranched alkanes of at least 4 members (excludes halogenated alkanes) is 2. The van der Waals surface area contributed by atoms with E-state index in [4.69, 9.17) is 9.47 Å². The van der Waals surface area contributed by atoms with Gasteiger partial charge in [0.2, 0.25) is 0 Å². The summed E-state index contributed by atoms with van der Waals surface area (Å²) in [7, 11) is 0. The lowest BCUT2D eigenvalue weighted by atomic mass is 10.00. The van der Waals surface area contributed by atoms with Crippen LogP contribution < -0.4 is 0 Å². The van der Waals surface area contributed by atoms with Crippen LogP contribution in [0.5, 0.6) is 0 Å². The third kappa shape index (κ3) is 9.16. The van der Waals surface area contributed by atoms with Crippen LogP contribution in [0.15, 0.2) is 0 Å². The van der Waals surface area contributed by atoms with Gasteiger partial charge in [-0.3, -0.25) is 4.79 Å². The molecular weight excluding hydrogens is 216 g/mol. The molecule has 0 saturated heterocycles. The first-order chi connectivity index (χ1) is 8.26. The molecule has 3 heteroatoms. The summed E-state index contributed by atoms with van der Waals surface area (Å²) in [6.07, 6.45) is 6.25. The Kier molecular flexibility index (Phi) is 11.5. The number of carbonyl (C=O) groups excluding carboxylic acids is 1. The fourth-order valence-electron chi connectivity index (χ4n) is 1.61. The summed E-state index contributed by atoms with van der Waals surface area (Å²) < 4.78 is 10.6. The molecule has 3 nitrogen and oxygen atoms in total. The Hall–Kier alpha value is -0.570. The predicted molar refractivity (Wildman–Crippen MR) is 70.0 cm³/mol. The Bertz CT molecular complexity index is 180. The van der Waals surface area contributed by atoms with Gasteiger partial charge in [0.25, 0.3) is 0 Å². The second-order valence-electron chi connectivity index (χ2n) is 4.38. The predicted octanol–water partition coefficient (Wildman–Crippen LogP) is 3.56. The van der Waals surface area contributed by atoms with Gasteiger partial charge in [0.1, 0.15) is 6.61 Å². The molecule has 0 amide bonds. The molecule has 0 aliphatic heterocycles. The zero-order chi connectivity index (χ0) is 12.9. The van der Waals surface area contributed by atoms with E-state index in [-0.39, 0.29) is 11.9 Å². The number of carbonyl (C=O) groups is 1. The minimum Gasteiger partial charge on any atom is -0.463 e. The van der Waals surface area contributed by atoms with Crippen LogP contribution in [-0.2, 0) is 14.3 Å². The average Bonchev–Trinajstić information content (AvgIpc) is 2.34. The van der Waals surface area contributed by atoms with E-state index in [1.165, 1.54) is 0 Å². The van der Waals surface area contributed by atoms with Crippen molar-refractivity contribution in [1.29, 1.82) is 0 Å². The molecule has 1 atom stereocenters. The smallest absolute Gasteiger partial charge is 0.308 e. The highest BCUT2D eigenvalue weighted by molar-refractivity contribution is 5.72. The van der Waals surface area contributed by atoms with Gasteiger partial charge < -0.3 is 9.47 Å². The van der Waals surface area contributed by atoms with Gasteiger partial charge in [-0.25, -0.2) is 0 Å². The van der Waals surface area contributed by atoms with Gasteiger partial charge in [0.15, 0.2) is 0 Å². The Labute approximate surface area is 106 Å². The minimum atomic E-state index is -0.0555. The van der Waals surface area contributed by atoms with Gasteiger partial charge >= 0.3 is 5.97 Å². The lowest BCUT2D eigenvalue weighted by Crippen LogP contribution is -2.19. The SMILES string of the molecule is CCCCOCCOC(=O)C(CC)CCCC. The van der Waals surface area contributed by atoms with E-state index >= 15 is 0 Å². The average molecular weight is 244 g/mol. The molecule has 0 rings (SSSR count). The molecule has 0 aromatic rings. The van der Waals surface area contributed by atoms with Crippen LogP contribution in [0.1, 0.15) is 59.3 Å². The van der Waals surface area contributed by atoms with E-state index in [9.17, 15) is 4.79 Å². The standard InChI is InChI=1S/C14H28O3/c1-4-7-9-13(6-3)14(15)17-12-11-16-10-8-5-2/h13H,4-12H2,1-3H3. The van der Waals surface area contributed by atoms with Gasteiger partial charge in [0, 0.05) is 6.61 Å². The Morgan fingerprint density at radius 2 is 1.71 bits per heavy atom. The molecule has 17 heavy (non-hydrogen) atoms. The van der Waals surface area contributed by atoms with Crippen LogP contribution in [0.25, 0.3) is 0 Å². The minimum absolute atomic E-state index is 0.0555. The van der Waals surface area contributed by atoms with Crippen molar-refractivity contribution in [2.24, 2.45) is 5.92 Å². The molecule has 0 fully saturated rings. The molecule has 0 spiro atoms.